The van der Waals surface area contributed by atoms with Crippen molar-refractivity contribution >= 4 is 0 Å². The fourth-order valence-corrected chi connectivity index (χ4v) is 1.64. The third-order valence-electron chi connectivity index (χ3n) is 3.06. The quantitative estimate of drug-likeness (QED) is 0.575. The molecule has 1 fully saturated rings. The minimum absolute atomic E-state index is 0.388. The van der Waals surface area contributed by atoms with Gasteiger partial charge in [0.15, 0.2) is 0 Å². The number of nitrogens with zero attached hydrogens (tertiary/aromatic N) is 2. The van der Waals surface area contributed by atoms with Crippen molar-refractivity contribution in [1.82, 2.24) is 4.90 Å². The Labute approximate surface area is 93.0 Å². The van der Waals surface area contributed by atoms with Gasteiger partial charge in [0.1, 0.15) is 0 Å². The van der Waals surface area contributed by atoms with Crippen molar-refractivity contribution in [3.63, 3.8) is 0 Å². The van der Waals surface area contributed by atoms with Crippen LogP contribution in [0, 0.1) is 17.2 Å². The van der Waals surface area contributed by atoms with E-state index in [-0.39, 0.29) is 0 Å². The van der Waals surface area contributed by atoms with E-state index >= 15 is 0 Å². The van der Waals surface area contributed by atoms with E-state index < -0.39 is 0 Å². The van der Waals surface area contributed by atoms with Gasteiger partial charge in [-0.1, -0.05) is 6.92 Å². The second kappa shape index (κ2) is 6.81. The average molecular weight is 210 g/mol. The molecule has 0 amide bonds. The molecule has 0 heterocycles. The summed E-state index contributed by atoms with van der Waals surface area (Å²) in [6, 6.07) is 2.62. The van der Waals surface area contributed by atoms with Crippen LogP contribution in [0.4, 0.5) is 0 Å². The Morgan fingerprint density at radius 2 is 2.27 bits per heavy atom. The highest BCUT2D eigenvalue weighted by Gasteiger charge is 2.21. The minimum atomic E-state index is 0.388. The summed E-state index contributed by atoms with van der Waals surface area (Å²) in [5.74, 6) is 0.844. The first-order valence-corrected chi connectivity index (χ1v) is 5.92. The highest BCUT2D eigenvalue weighted by Crippen LogP contribution is 2.28. The minimum Gasteiger partial charge on any atom is -0.380 e. The highest BCUT2D eigenvalue weighted by molar-refractivity contribution is 4.80. The van der Waals surface area contributed by atoms with E-state index in [1.807, 2.05) is 0 Å². The van der Waals surface area contributed by atoms with Crippen LogP contribution in [0.25, 0.3) is 0 Å². The Kier molecular flexibility index (Phi) is 5.67. The fourth-order valence-electron chi connectivity index (χ4n) is 1.64. The first-order chi connectivity index (χ1) is 7.27. The molecule has 0 aromatic rings. The molecule has 86 valence electrons. The van der Waals surface area contributed by atoms with Crippen LogP contribution in [-0.4, -0.2) is 37.7 Å². The van der Waals surface area contributed by atoms with Gasteiger partial charge in [0.05, 0.1) is 19.1 Å². The summed E-state index contributed by atoms with van der Waals surface area (Å²) in [7, 11) is 2.08. The van der Waals surface area contributed by atoms with Crippen molar-refractivity contribution in [2.75, 3.05) is 26.8 Å². The molecule has 0 spiro atoms. The van der Waals surface area contributed by atoms with Gasteiger partial charge in [-0.2, -0.15) is 5.26 Å². The van der Waals surface area contributed by atoms with Gasteiger partial charge < -0.3 is 9.64 Å². The highest BCUT2D eigenvalue weighted by atomic mass is 16.5. The molecule has 1 atom stereocenters. The van der Waals surface area contributed by atoms with Gasteiger partial charge in [-0.3, -0.25) is 0 Å². The van der Waals surface area contributed by atoms with E-state index in [4.69, 9.17) is 10.00 Å². The molecule has 0 saturated heterocycles. The lowest BCUT2D eigenvalue weighted by Crippen LogP contribution is -2.33. The van der Waals surface area contributed by atoms with Crippen LogP contribution < -0.4 is 0 Å². The van der Waals surface area contributed by atoms with Gasteiger partial charge in [0.25, 0.3) is 0 Å². The number of hydrogen-bond acceptors (Lipinski definition) is 3. The zero-order valence-corrected chi connectivity index (χ0v) is 9.91. The van der Waals surface area contributed by atoms with Crippen LogP contribution in [-0.2, 0) is 4.74 Å². The summed E-state index contributed by atoms with van der Waals surface area (Å²) in [5.41, 5.74) is 0. The molecule has 15 heavy (non-hydrogen) atoms. The Morgan fingerprint density at radius 3 is 2.80 bits per heavy atom. The standard InChI is InChI=1S/C12H22N2O/c1-3-12(6-7-13)14(2)8-9-15-10-11-4-5-11/h11-12H,3-6,8-10H2,1-2H3. The molecular weight excluding hydrogens is 188 g/mol. The predicted molar refractivity (Wildman–Crippen MR) is 60.5 cm³/mol. The lowest BCUT2D eigenvalue weighted by Gasteiger charge is -2.24. The summed E-state index contributed by atoms with van der Waals surface area (Å²) in [6.45, 7) is 4.80. The molecule has 1 aliphatic rings. The van der Waals surface area contributed by atoms with Crippen molar-refractivity contribution in [1.29, 1.82) is 5.26 Å². The Balaban J connectivity index is 2.04. The molecule has 3 nitrogen and oxygen atoms in total. The lowest BCUT2D eigenvalue weighted by atomic mass is 10.1. The molecule has 0 N–H and O–H groups in total. The van der Waals surface area contributed by atoms with E-state index in [1.54, 1.807) is 0 Å². The third kappa shape index (κ3) is 5.15. The molecule has 0 aliphatic heterocycles. The van der Waals surface area contributed by atoms with Gasteiger partial charge in [0, 0.05) is 19.2 Å². The maximum atomic E-state index is 8.66. The smallest absolute Gasteiger partial charge is 0.0638 e. The maximum Gasteiger partial charge on any atom is 0.0638 e. The summed E-state index contributed by atoms with van der Waals surface area (Å²) in [4.78, 5) is 2.23. The lowest BCUT2D eigenvalue weighted by molar-refractivity contribution is 0.0911. The molecule has 0 bridgehead atoms. The first-order valence-electron chi connectivity index (χ1n) is 5.92. The molecule has 1 unspecified atom stereocenters. The normalized spacial score (nSPS) is 17.7. The van der Waals surface area contributed by atoms with Gasteiger partial charge in [-0.05, 0) is 32.2 Å². The van der Waals surface area contributed by atoms with Gasteiger partial charge in [-0.25, -0.2) is 0 Å². The van der Waals surface area contributed by atoms with Gasteiger partial charge >= 0.3 is 0 Å². The summed E-state index contributed by atoms with van der Waals surface area (Å²) in [5, 5.41) is 8.66. The topological polar surface area (TPSA) is 36.3 Å². The van der Waals surface area contributed by atoms with Crippen LogP contribution >= 0.6 is 0 Å². The summed E-state index contributed by atoms with van der Waals surface area (Å²) in [6.07, 6.45) is 4.35. The number of hydrogen-bond donors (Lipinski definition) is 0. The number of nitriles is 1. The van der Waals surface area contributed by atoms with Crippen LogP contribution in [0.3, 0.4) is 0 Å². The maximum absolute atomic E-state index is 8.66. The van der Waals surface area contributed by atoms with Crippen molar-refractivity contribution in [3.8, 4) is 6.07 Å². The van der Waals surface area contributed by atoms with E-state index in [9.17, 15) is 0 Å². The molecular formula is C12H22N2O. The van der Waals surface area contributed by atoms with Crippen LogP contribution in [0.2, 0.25) is 0 Å². The number of likely N-dealkylation sites (N-methyl/N-ethyl adjacent to an activating group) is 1. The monoisotopic (exact) mass is 210 g/mol. The number of ether oxygens (including phenoxy) is 1. The van der Waals surface area contributed by atoms with E-state index in [1.165, 1.54) is 12.8 Å². The molecule has 0 aromatic heterocycles. The van der Waals surface area contributed by atoms with Crippen molar-refractivity contribution in [2.24, 2.45) is 5.92 Å². The molecule has 0 aromatic carbocycles. The van der Waals surface area contributed by atoms with E-state index in [0.717, 1.165) is 32.1 Å². The summed E-state index contributed by atoms with van der Waals surface area (Å²) < 4.78 is 5.58. The van der Waals surface area contributed by atoms with E-state index in [2.05, 4.69) is 24.9 Å². The van der Waals surface area contributed by atoms with Crippen LogP contribution in [0.5, 0.6) is 0 Å². The first kappa shape index (κ1) is 12.5. The second-order valence-electron chi connectivity index (χ2n) is 4.42. The third-order valence-corrected chi connectivity index (χ3v) is 3.06. The molecule has 0 radical (unpaired) electrons. The van der Waals surface area contributed by atoms with E-state index in [0.29, 0.717) is 12.5 Å². The molecule has 3 heteroatoms. The van der Waals surface area contributed by atoms with Crippen LogP contribution in [0.15, 0.2) is 0 Å². The zero-order chi connectivity index (χ0) is 11.1. The number of rotatable bonds is 8. The zero-order valence-electron chi connectivity index (χ0n) is 9.91. The Bertz CT molecular complexity index is 208. The Hall–Kier alpha value is -0.590. The van der Waals surface area contributed by atoms with Crippen molar-refractivity contribution < 1.29 is 4.74 Å². The second-order valence-corrected chi connectivity index (χ2v) is 4.42. The predicted octanol–water partition coefficient (Wildman–Crippen LogP) is 2.04. The molecule has 1 saturated carbocycles. The van der Waals surface area contributed by atoms with Gasteiger partial charge in [0.2, 0.25) is 0 Å². The fraction of sp³-hybridized carbons (Fsp3) is 0.917. The Morgan fingerprint density at radius 1 is 1.53 bits per heavy atom. The van der Waals surface area contributed by atoms with Crippen molar-refractivity contribution in [3.05, 3.63) is 0 Å². The van der Waals surface area contributed by atoms with Crippen molar-refractivity contribution in [2.45, 2.75) is 38.6 Å². The van der Waals surface area contributed by atoms with Crippen LogP contribution in [0.1, 0.15) is 32.6 Å². The summed E-state index contributed by atoms with van der Waals surface area (Å²) >= 11 is 0. The average Bonchev–Trinajstić information content (AvgIpc) is 3.04. The van der Waals surface area contributed by atoms with Gasteiger partial charge in [-0.15, -0.1) is 0 Å². The molecule has 1 rings (SSSR count). The molecule has 1 aliphatic carbocycles. The largest absolute Gasteiger partial charge is 0.380 e. The SMILES string of the molecule is CCC(CC#N)N(C)CCOCC1CC1.